The van der Waals surface area contributed by atoms with Crippen molar-refractivity contribution < 1.29 is 19.4 Å². The first kappa shape index (κ1) is 23.6. The second-order valence-corrected chi connectivity index (χ2v) is 8.83. The molecule has 0 aliphatic carbocycles. The van der Waals surface area contributed by atoms with E-state index >= 15 is 0 Å². The quantitative estimate of drug-likeness (QED) is 0.544. The highest BCUT2D eigenvalue weighted by molar-refractivity contribution is 6.33. The molecule has 1 aromatic carbocycles. The number of methoxy groups -OCH3 is 1. The van der Waals surface area contributed by atoms with E-state index < -0.39 is 0 Å². The lowest BCUT2D eigenvalue weighted by Gasteiger charge is -2.37. The van der Waals surface area contributed by atoms with Crippen LogP contribution in [-0.2, 0) is 4.79 Å². The minimum atomic E-state index is -0.197. The van der Waals surface area contributed by atoms with E-state index in [0.29, 0.717) is 27.9 Å². The van der Waals surface area contributed by atoms with Crippen molar-refractivity contribution in [1.82, 2.24) is 15.1 Å². The van der Waals surface area contributed by atoms with Crippen LogP contribution >= 0.6 is 11.6 Å². The standard InChI is InChI=1S/C22H33ClN4O4/c1-31-20-13-19(24)18(23)12-17(20)22(30)25-16-4-7-26(8-5-16)14-15-2-9-27(10-3-15)21(29)6-11-28/h12-13,15-16,28H,2-11,14,24H2,1H3,(H,25,30). The molecule has 0 spiro atoms. The molecular formula is C22H33ClN4O4. The van der Waals surface area contributed by atoms with Crippen LogP contribution in [0.15, 0.2) is 12.1 Å². The molecule has 0 saturated carbocycles. The molecule has 0 radical (unpaired) electrons. The van der Waals surface area contributed by atoms with E-state index in [1.165, 1.54) is 7.11 Å². The van der Waals surface area contributed by atoms with Gasteiger partial charge in [0.1, 0.15) is 5.75 Å². The number of nitrogens with two attached hydrogens (primary N) is 1. The monoisotopic (exact) mass is 452 g/mol. The number of hydrogen-bond donors (Lipinski definition) is 3. The summed E-state index contributed by atoms with van der Waals surface area (Å²) in [6.07, 6.45) is 4.02. The first-order valence-electron chi connectivity index (χ1n) is 11.0. The molecule has 3 rings (SSSR count). The van der Waals surface area contributed by atoms with Gasteiger partial charge in [0.25, 0.3) is 5.91 Å². The summed E-state index contributed by atoms with van der Waals surface area (Å²) in [5.41, 5.74) is 6.58. The zero-order chi connectivity index (χ0) is 22.4. The highest BCUT2D eigenvalue weighted by Crippen LogP contribution is 2.29. The molecule has 0 bridgehead atoms. The third-order valence-electron chi connectivity index (χ3n) is 6.30. The lowest BCUT2D eigenvalue weighted by molar-refractivity contribution is -0.133. The van der Waals surface area contributed by atoms with Crippen molar-refractivity contribution in [2.75, 3.05) is 52.2 Å². The number of rotatable bonds is 7. The third-order valence-corrected chi connectivity index (χ3v) is 6.62. The lowest BCUT2D eigenvalue weighted by Crippen LogP contribution is -2.47. The molecule has 0 atom stereocenters. The van der Waals surface area contributed by atoms with Gasteiger partial charge in [-0.25, -0.2) is 0 Å². The molecule has 0 unspecified atom stereocenters. The Morgan fingerprint density at radius 3 is 2.48 bits per heavy atom. The maximum Gasteiger partial charge on any atom is 0.255 e. The van der Waals surface area contributed by atoms with Crippen LogP contribution in [-0.4, -0.2) is 79.2 Å². The number of hydrogen-bond acceptors (Lipinski definition) is 6. The maximum atomic E-state index is 12.7. The van der Waals surface area contributed by atoms with Crippen molar-refractivity contribution in [2.45, 2.75) is 38.1 Å². The average Bonchev–Trinajstić information content (AvgIpc) is 2.77. The minimum Gasteiger partial charge on any atom is -0.496 e. The van der Waals surface area contributed by atoms with E-state index in [4.69, 9.17) is 27.2 Å². The number of carbonyl (C=O) groups is 2. The number of nitrogens with one attached hydrogen (secondary N) is 1. The summed E-state index contributed by atoms with van der Waals surface area (Å²) in [7, 11) is 1.50. The summed E-state index contributed by atoms with van der Waals surface area (Å²) in [6, 6.07) is 3.24. The summed E-state index contributed by atoms with van der Waals surface area (Å²) >= 11 is 6.08. The number of piperidine rings is 2. The lowest BCUT2D eigenvalue weighted by atomic mass is 9.94. The molecule has 8 nitrogen and oxygen atoms in total. The smallest absolute Gasteiger partial charge is 0.255 e. The number of nitrogens with zero attached hydrogens (tertiary/aromatic N) is 2. The molecule has 2 fully saturated rings. The molecule has 31 heavy (non-hydrogen) atoms. The molecule has 1 aromatic rings. The minimum absolute atomic E-state index is 0.0523. The van der Waals surface area contributed by atoms with Gasteiger partial charge in [0, 0.05) is 51.3 Å². The van der Waals surface area contributed by atoms with Gasteiger partial charge >= 0.3 is 0 Å². The molecule has 9 heteroatoms. The van der Waals surface area contributed by atoms with Crippen LogP contribution in [0.1, 0.15) is 42.5 Å². The van der Waals surface area contributed by atoms with E-state index in [1.54, 1.807) is 12.1 Å². The zero-order valence-corrected chi connectivity index (χ0v) is 18.9. The number of likely N-dealkylation sites (tertiary alicyclic amines) is 2. The van der Waals surface area contributed by atoms with Crippen LogP contribution in [0.5, 0.6) is 5.75 Å². The van der Waals surface area contributed by atoms with Gasteiger partial charge in [-0.15, -0.1) is 0 Å². The summed E-state index contributed by atoms with van der Waals surface area (Å²) in [5, 5.41) is 12.4. The van der Waals surface area contributed by atoms with Crippen LogP contribution < -0.4 is 15.8 Å². The topological polar surface area (TPSA) is 108 Å². The second-order valence-electron chi connectivity index (χ2n) is 8.42. The fourth-order valence-electron chi connectivity index (χ4n) is 4.42. The normalized spacial score (nSPS) is 18.7. The Labute approximate surface area is 188 Å². The van der Waals surface area contributed by atoms with Crippen molar-refractivity contribution in [3.05, 3.63) is 22.7 Å². The predicted molar refractivity (Wildman–Crippen MR) is 120 cm³/mol. The summed E-state index contributed by atoms with van der Waals surface area (Å²) in [5.74, 6) is 0.861. The summed E-state index contributed by atoms with van der Waals surface area (Å²) in [4.78, 5) is 29.0. The molecule has 2 amide bonds. The van der Waals surface area contributed by atoms with E-state index in [9.17, 15) is 9.59 Å². The SMILES string of the molecule is COc1cc(N)c(Cl)cc1C(=O)NC1CCN(CC2CCN(C(=O)CCO)CC2)CC1. The molecule has 2 heterocycles. The van der Waals surface area contributed by atoms with E-state index in [2.05, 4.69) is 10.2 Å². The fourth-order valence-corrected chi connectivity index (χ4v) is 4.59. The number of nitrogen functional groups attached to an aromatic ring is 1. The first-order chi connectivity index (χ1) is 14.9. The van der Waals surface area contributed by atoms with Gasteiger partial charge in [-0.05, 0) is 37.7 Å². The van der Waals surface area contributed by atoms with Crippen molar-refractivity contribution >= 4 is 29.1 Å². The molecule has 172 valence electrons. The van der Waals surface area contributed by atoms with Crippen molar-refractivity contribution in [2.24, 2.45) is 5.92 Å². The number of halogens is 1. The average molecular weight is 453 g/mol. The van der Waals surface area contributed by atoms with Crippen LogP contribution in [0.2, 0.25) is 5.02 Å². The van der Waals surface area contributed by atoms with Crippen molar-refractivity contribution in [3.8, 4) is 5.75 Å². The molecule has 2 aliphatic heterocycles. The van der Waals surface area contributed by atoms with Crippen LogP contribution in [0.4, 0.5) is 5.69 Å². The van der Waals surface area contributed by atoms with Crippen molar-refractivity contribution in [1.29, 1.82) is 0 Å². The van der Waals surface area contributed by atoms with Gasteiger partial charge in [0.05, 0.1) is 30.0 Å². The summed E-state index contributed by atoms with van der Waals surface area (Å²) in [6.45, 7) is 4.39. The van der Waals surface area contributed by atoms with E-state index in [-0.39, 0.29) is 30.9 Å². The number of benzene rings is 1. The Kier molecular flexibility index (Phi) is 8.40. The van der Waals surface area contributed by atoms with E-state index in [1.807, 2.05) is 4.90 Å². The molecule has 2 aliphatic rings. The second kappa shape index (κ2) is 11.0. The Bertz CT molecular complexity index is 775. The summed E-state index contributed by atoms with van der Waals surface area (Å²) < 4.78 is 5.28. The Morgan fingerprint density at radius 1 is 1.19 bits per heavy atom. The van der Waals surface area contributed by atoms with Gasteiger partial charge in [-0.3, -0.25) is 9.59 Å². The van der Waals surface area contributed by atoms with Gasteiger partial charge in [-0.2, -0.15) is 0 Å². The van der Waals surface area contributed by atoms with Gasteiger partial charge in [-0.1, -0.05) is 11.6 Å². The van der Waals surface area contributed by atoms with Gasteiger partial charge in [0.15, 0.2) is 0 Å². The Hall–Kier alpha value is -2.03. The zero-order valence-electron chi connectivity index (χ0n) is 18.1. The molecular weight excluding hydrogens is 420 g/mol. The largest absolute Gasteiger partial charge is 0.496 e. The highest BCUT2D eigenvalue weighted by atomic mass is 35.5. The highest BCUT2D eigenvalue weighted by Gasteiger charge is 2.27. The third kappa shape index (κ3) is 6.24. The fraction of sp³-hybridized carbons (Fsp3) is 0.636. The maximum absolute atomic E-state index is 12.7. The number of carbonyl (C=O) groups excluding carboxylic acids is 2. The molecule has 4 N–H and O–H groups in total. The number of ether oxygens (including phenoxy) is 1. The first-order valence-corrected chi connectivity index (χ1v) is 11.3. The van der Waals surface area contributed by atoms with E-state index in [0.717, 1.165) is 58.4 Å². The van der Waals surface area contributed by atoms with Crippen molar-refractivity contribution in [3.63, 3.8) is 0 Å². The Balaban J connectivity index is 1.43. The Morgan fingerprint density at radius 2 is 1.87 bits per heavy atom. The van der Waals surface area contributed by atoms with Gasteiger partial charge < -0.3 is 30.7 Å². The molecule has 2 saturated heterocycles. The number of aliphatic hydroxyl groups excluding tert-OH is 1. The number of anilines is 1. The molecule has 0 aromatic heterocycles. The number of amides is 2. The van der Waals surface area contributed by atoms with Crippen LogP contribution in [0.3, 0.4) is 0 Å². The van der Waals surface area contributed by atoms with Gasteiger partial charge in [0.2, 0.25) is 5.91 Å². The van der Waals surface area contributed by atoms with Crippen LogP contribution in [0.25, 0.3) is 0 Å². The van der Waals surface area contributed by atoms with Crippen LogP contribution in [0, 0.1) is 5.92 Å². The number of aliphatic hydroxyl groups is 1. The predicted octanol–water partition coefficient (Wildman–Crippen LogP) is 1.75.